The van der Waals surface area contributed by atoms with Crippen LogP contribution >= 0.6 is 0 Å². The van der Waals surface area contributed by atoms with Gasteiger partial charge in [0.25, 0.3) is 0 Å². The lowest BCUT2D eigenvalue weighted by Gasteiger charge is -2.00. The van der Waals surface area contributed by atoms with Crippen LogP contribution in [0.15, 0.2) is 0 Å². The van der Waals surface area contributed by atoms with Crippen LogP contribution in [0.4, 0.5) is 27.4 Å². The summed E-state index contributed by atoms with van der Waals surface area (Å²) in [6.45, 7) is 0. The summed E-state index contributed by atoms with van der Waals surface area (Å²) < 4.78 is 78.0. The number of rotatable bonds is 1. The topological polar surface area (TPSA) is 0 Å². The predicted octanol–water partition coefficient (Wildman–Crippen LogP) is 2.60. The highest BCUT2D eigenvalue weighted by molar-refractivity contribution is 7.76. The highest BCUT2D eigenvalue weighted by Gasteiger charge is 2.00. The minimum atomic E-state index is -0.593. The van der Waals surface area contributed by atoms with E-state index in [-0.39, 0.29) is 11.7 Å². The van der Waals surface area contributed by atoms with Crippen molar-refractivity contribution in [3.8, 4) is 36.5 Å². The zero-order valence-corrected chi connectivity index (χ0v) is 8.89. The van der Waals surface area contributed by atoms with Crippen LogP contribution in [0.2, 0.25) is 0 Å². The van der Waals surface area contributed by atoms with Gasteiger partial charge in [-0.3, -0.25) is 0 Å². The van der Waals surface area contributed by atoms with Crippen LogP contribution in [0, 0.1) is 36.5 Å². The van der Waals surface area contributed by atoms with Crippen molar-refractivity contribution >= 4 is 43.7 Å². The van der Waals surface area contributed by atoms with E-state index in [1.54, 1.807) is 0 Å². The largest absolute Gasteiger partial charge is 0.106 e. The highest BCUT2D eigenvalue weighted by atomic mass is 20.0. The Bertz CT molecular complexity index is 251. The third-order valence-electron chi connectivity index (χ3n) is 0.651. The van der Waals surface area contributed by atoms with Gasteiger partial charge in [0.05, 0.1) is 0 Å². The average molecular weight is 287 g/mol. The summed E-state index contributed by atoms with van der Waals surface area (Å²) in [6.07, 6.45) is 8.21. The molecule has 8 radical (unpaired) electrons. The Hall–Kier alpha value is -1.35. The molecule has 0 aliphatic rings. The Morgan fingerprint density at radius 2 is 0.947 bits per heavy atom. The van der Waals surface area contributed by atoms with Crippen LogP contribution in [-0.2, 0) is 0 Å². The molecule has 0 heterocycles. The number of terminal acetylenes is 2. The Balaban J connectivity index is -0.0000000110. The fourth-order valence-corrected chi connectivity index (χ4v) is 0.0722. The van der Waals surface area contributed by atoms with Gasteiger partial charge in [-0.15, -0.1) is 12.8 Å². The Morgan fingerprint density at radius 3 is 1.00 bits per heavy atom. The van der Waals surface area contributed by atoms with E-state index in [0.29, 0.717) is 0 Å². The van der Waals surface area contributed by atoms with Gasteiger partial charge in [0.1, 0.15) is 0 Å². The van der Waals surface area contributed by atoms with Crippen LogP contribution in [0.25, 0.3) is 0 Å². The van der Waals surface area contributed by atoms with Gasteiger partial charge in [-0.05, 0) is 23.7 Å². The van der Waals surface area contributed by atoms with E-state index in [0.717, 1.165) is 0 Å². The van der Waals surface area contributed by atoms with Crippen LogP contribution in [0.5, 0.6) is 0 Å². The molecule has 0 saturated carbocycles. The Morgan fingerprint density at radius 1 is 0.789 bits per heavy atom. The predicted molar refractivity (Wildman–Crippen MR) is 86.0 cm³/mol. The van der Waals surface area contributed by atoms with Gasteiger partial charge >= 0.3 is 0 Å². The van der Waals surface area contributed by atoms with Crippen LogP contribution in [0.3, 0.4) is 0 Å². The number of hydrogen-bond acceptors (Lipinski definition) is 0. The first-order valence-corrected chi connectivity index (χ1v) is 3.42. The third-order valence-corrected chi connectivity index (χ3v) is 0.651. The minimum Gasteiger partial charge on any atom is -0.106 e. The molecule has 0 spiro atoms. The van der Waals surface area contributed by atoms with E-state index in [1.165, 1.54) is 0 Å². The van der Waals surface area contributed by atoms with Crippen molar-refractivity contribution in [3.63, 3.8) is 0 Å². The first-order valence-electron chi connectivity index (χ1n) is 6.42. The molecule has 0 bridgehead atoms. The van der Waals surface area contributed by atoms with Gasteiger partial charge in [-0.1, -0.05) is 7.43 Å². The molecule has 12 heteroatoms. The van der Waals surface area contributed by atoms with E-state index in [2.05, 4.69) is 23.7 Å². The van der Waals surface area contributed by atoms with Crippen molar-refractivity contribution in [2.45, 2.75) is 7.43 Å². The van der Waals surface area contributed by atoms with Crippen molar-refractivity contribution in [2.24, 2.45) is 0 Å². The molecule has 0 aromatic rings. The molecule has 0 atom stereocenters. The standard InChI is InChI=1S/C6H2.CH4.B6.3F2.6H2/c1-3-5-6-4-2;;1-5(2)6(3)4;3*1-2;;;;;;/h1-2H;1H4;;;;;6*1H/i;;;;;;3*1+1D;;;. The van der Waals surface area contributed by atoms with Crippen molar-refractivity contribution in [3.05, 3.63) is 0 Å². The molecule has 0 aromatic heterocycles. The summed E-state index contributed by atoms with van der Waals surface area (Å²) in [5, 5.41) is 0. The maximum absolute atomic E-state index is 8.00. The molecule has 19 heavy (non-hydrogen) atoms. The summed E-state index contributed by atoms with van der Waals surface area (Å²) in [6, 6.07) is 0. The number of halogens is 6. The Kier molecular flexibility index (Phi) is 65.4. The Labute approximate surface area is 129 Å². The third kappa shape index (κ3) is 112. The molecule has 0 aliphatic heterocycles. The van der Waals surface area contributed by atoms with E-state index < -0.39 is 12.8 Å². The monoisotopic (exact) mass is 288 g/mol. The molecule has 0 aromatic carbocycles. The van der Waals surface area contributed by atoms with Crippen molar-refractivity contribution < 1.29 is 40.6 Å². The summed E-state index contributed by atoms with van der Waals surface area (Å²) in [5.74, 6) is 8.61. The lowest BCUT2D eigenvalue weighted by molar-refractivity contribution is 0.108. The van der Waals surface area contributed by atoms with E-state index in [1.807, 2.05) is 0 Å². The number of hydrogen-bond donors (Lipinski definition) is 0. The van der Waals surface area contributed by atoms with Gasteiger partial charge in [0, 0.05) is 84.4 Å². The summed E-state index contributed by atoms with van der Waals surface area (Å²) in [5.41, 5.74) is 0. The molecule has 0 aliphatic carbocycles. The maximum Gasteiger partial charge on any atom is 0 e. The second kappa shape index (κ2) is 54.5. The highest BCUT2D eigenvalue weighted by Crippen LogP contribution is 1.62. The fraction of sp³-hybridized carbons (Fsp3) is 0.143. The molecule has 0 amide bonds. The van der Waals surface area contributed by atoms with E-state index in [9.17, 15) is 0 Å². The van der Waals surface area contributed by atoms with Crippen molar-refractivity contribution in [1.29, 1.82) is 0 Å². The first kappa shape index (κ1) is 22.8. The van der Waals surface area contributed by atoms with E-state index in [4.69, 9.17) is 80.1 Å². The lowest BCUT2D eigenvalue weighted by atomic mass is 8.81. The quantitative estimate of drug-likeness (QED) is 0.395. The van der Waals surface area contributed by atoms with Crippen LogP contribution in [0.1, 0.15) is 20.6 Å². The molecule has 0 saturated heterocycles. The van der Waals surface area contributed by atoms with Gasteiger partial charge in [-0.2, -0.15) is 0 Å². The van der Waals surface area contributed by atoms with Crippen LogP contribution < -0.4 is 0 Å². The molecule has 0 unspecified atom stereocenters. The maximum atomic E-state index is 8.00. The second-order valence-corrected chi connectivity index (χ2v) is 1.69. The summed E-state index contributed by atoms with van der Waals surface area (Å²) >= 11 is 0. The molecule has 0 fully saturated rings. The molecule has 0 rings (SSSR count). The fourth-order valence-electron chi connectivity index (χ4n) is 0.0722. The molecular formula is C7H18B6F6. The van der Waals surface area contributed by atoms with Gasteiger partial charge in [0.15, 0.2) is 0 Å². The van der Waals surface area contributed by atoms with Crippen LogP contribution in [-0.4, -0.2) is 43.7 Å². The average Bonchev–Trinajstić information content (AvgIpc) is 2.70. The first-order chi connectivity index (χ1) is 11.6. The minimum absolute atomic E-state index is 0. The lowest BCUT2D eigenvalue weighted by Crippen LogP contribution is -2.38. The summed E-state index contributed by atoms with van der Waals surface area (Å²) in [4.78, 5) is 0. The summed E-state index contributed by atoms with van der Waals surface area (Å²) in [7, 11) is 19.9. The van der Waals surface area contributed by atoms with E-state index >= 15 is 0 Å². The molecular weight excluding hydrogens is 263 g/mol. The van der Waals surface area contributed by atoms with Gasteiger partial charge in [0.2, 0.25) is 0 Å². The van der Waals surface area contributed by atoms with Crippen molar-refractivity contribution in [2.75, 3.05) is 0 Å². The molecule has 0 nitrogen and oxygen atoms in total. The molecule has 0 N–H and O–H groups in total. The second-order valence-electron chi connectivity index (χ2n) is 1.69. The smallest absolute Gasteiger partial charge is 0 e. The van der Waals surface area contributed by atoms with Gasteiger partial charge < -0.3 is 0 Å². The normalized spacial score (nSPS) is 5.47. The molecule has 106 valence electrons. The SMILES string of the molecule is C.C#CC#CC#C.FF.FF.FF.[2H][2H].[2H][2H].[2H][2H].[B]B([B])B([B])[B].[HH].[HH].[HH]. The van der Waals surface area contributed by atoms with Crippen molar-refractivity contribution in [1.82, 2.24) is 0 Å². The van der Waals surface area contributed by atoms with Gasteiger partial charge in [-0.25, -0.2) is 0 Å². The zero-order valence-electron chi connectivity index (χ0n) is 14.9. The zero-order chi connectivity index (χ0) is 22.0.